The summed E-state index contributed by atoms with van der Waals surface area (Å²) in [7, 11) is 1.90. The van der Waals surface area contributed by atoms with Crippen molar-refractivity contribution in [3.8, 4) is 0 Å². The van der Waals surface area contributed by atoms with Crippen LogP contribution < -0.4 is 5.32 Å². The van der Waals surface area contributed by atoms with Crippen molar-refractivity contribution in [2.24, 2.45) is 5.41 Å². The highest BCUT2D eigenvalue weighted by Crippen LogP contribution is 2.31. The Balaban J connectivity index is 2.07. The Morgan fingerprint density at radius 1 is 1.53 bits per heavy atom. The van der Waals surface area contributed by atoms with Crippen molar-refractivity contribution < 1.29 is 4.79 Å². The predicted molar refractivity (Wildman–Crippen MR) is 80.8 cm³/mol. The topological polar surface area (TPSA) is 32.3 Å². The molecule has 1 amide bonds. The van der Waals surface area contributed by atoms with Crippen LogP contribution in [0.3, 0.4) is 0 Å². The van der Waals surface area contributed by atoms with Crippen LogP contribution in [0.1, 0.15) is 25.3 Å². The second-order valence-electron chi connectivity index (χ2n) is 5.35. The number of amides is 1. The zero-order valence-electron chi connectivity index (χ0n) is 11.6. The maximum atomic E-state index is 12.7. The summed E-state index contributed by atoms with van der Waals surface area (Å²) in [6, 6.07) is 8.12. The van der Waals surface area contributed by atoms with E-state index in [-0.39, 0.29) is 11.3 Å². The van der Waals surface area contributed by atoms with Crippen molar-refractivity contribution in [3.05, 3.63) is 34.3 Å². The van der Waals surface area contributed by atoms with Crippen molar-refractivity contribution in [1.82, 2.24) is 10.2 Å². The third kappa shape index (κ3) is 3.18. The Morgan fingerprint density at radius 3 is 2.89 bits per heavy atom. The second kappa shape index (κ2) is 6.06. The van der Waals surface area contributed by atoms with E-state index in [1.54, 1.807) is 0 Å². The second-order valence-corrected chi connectivity index (χ2v) is 6.27. The summed E-state index contributed by atoms with van der Waals surface area (Å²) >= 11 is 3.47. The molecule has 1 N–H and O–H groups in total. The molecule has 1 aromatic carbocycles. The van der Waals surface area contributed by atoms with Gasteiger partial charge in [-0.25, -0.2) is 0 Å². The predicted octanol–water partition coefficient (Wildman–Crippen LogP) is 2.80. The van der Waals surface area contributed by atoms with Crippen LogP contribution in [0.15, 0.2) is 28.7 Å². The summed E-state index contributed by atoms with van der Waals surface area (Å²) < 4.78 is 1.05. The van der Waals surface area contributed by atoms with Gasteiger partial charge >= 0.3 is 0 Å². The third-order valence-corrected chi connectivity index (χ3v) is 4.52. The van der Waals surface area contributed by atoms with Crippen LogP contribution in [0.5, 0.6) is 0 Å². The largest absolute Gasteiger partial charge is 0.341 e. The Bertz CT molecular complexity index is 455. The molecule has 1 aromatic rings. The Kier molecular flexibility index (Phi) is 4.63. The maximum absolute atomic E-state index is 12.7. The molecule has 3 nitrogen and oxygen atoms in total. The Morgan fingerprint density at radius 2 is 2.32 bits per heavy atom. The summed E-state index contributed by atoms with van der Waals surface area (Å²) in [5.74, 6) is 0.264. The molecule has 4 heteroatoms. The number of nitrogens with one attached hydrogen (secondary N) is 1. The lowest BCUT2D eigenvalue weighted by molar-refractivity contribution is -0.140. The first-order chi connectivity index (χ1) is 9.07. The zero-order valence-corrected chi connectivity index (χ0v) is 13.2. The number of carbonyl (C=O) groups excluding carboxylic acids is 1. The molecule has 0 radical (unpaired) electrons. The van der Waals surface area contributed by atoms with Crippen molar-refractivity contribution in [2.75, 3.05) is 20.1 Å². The van der Waals surface area contributed by atoms with E-state index in [0.29, 0.717) is 6.54 Å². The molecule has 0 spiro atoms. The number of hydrogen-bond donors (Lipinski definition) is 1. The molecule has 1 atom stereocenters. The van der Waals surface area contributed by atoms with Crippen molar-refractivity contribution in [1.29, 1.82) is 0 Å². The van der Waals surface area contributed by atoms with Crippen LogP contribution in [0.25, 0.3) is 0 Å². The van der Waals surface area contributed by atoms with Crippen LogP contribution >= 0.6 is 15.9 Å². The number of hydrogen-bond acceptors (Lipinski definition) is 2. The van der Waals surface area contributed by atoms with E-state index >= 15 is 0 Å². The summed E-state index contributed by atoms with van der Waals surface area (Å²) in [5, 5.41) is 3.32. The van der Waals surface area contributed by atoms with Crippen LogP contribution in [0.4, 0.5) is 0 Å². The van der Waals surface area contributed by atoms with Gasteiger partial charge in [-0.2, -0.15) is 0 Å². The average Bonchev–Trinajstić information content (AvgIpc) is 2.87. The van der Waals surface area contributed by atoms with E-state index in [2.05, 4.69) is 40.3 Å². The third-order valence-electron chi connectivity index (χ3n) is 4.03. The average molecular weight is 325 g/mol. The fourth-order valence-electron chi connectivity index (χ4n) is 2.77. The lowest BCUT2D eigenvalue weighted by Crippen LogP contribution is -2.42. The standard InChI is InChI=1S/C15H21BrN2O/c1-3-15(7-8-17-11-15)14(19)18(2)10-12-5-4-6-13(16)9-12/h4-6,9,17H,3,7-8,10-11H2,1-2H3. The first-order valence-electron chi connectivity index (χ1n) is 6.78. The van der Waals surface area contributed by atoms with Gasteiger partial charge in [0.05, 0.1) is 5.41 Å². The molecule has 1 heterocycles. The highest BCUT2D eigenvalue weighted by atomic mass is 79.9. The fraction of sp³-hybridized carbons (Fsp3) is 0.533. The van der Waals surface area contributed by atoms with E-state index in [9.17, 15) is 4.79 Å². The van der Waals surface area contributed by atoms with E-state index in [4.69, 9.17) is 0 Å². The van der Waals surface area contributed by atoms with E-state index in [0.717, 1.165) is 36.0 Å². The van der Waals surface area contributed by atoms with E-state index in [1.807, 2.05) is 24.1 Å². The summed E-state index contributed by atoms with van der Waals surface area (Å²) in [4.78, 5) is 14.5. The minimum Gasteiger partial charge on any atom is -0.341 e. The van der Waals surface area contributed by atoms with Crippen molar-refractivity contribution in [3.63, 3.8) is 0 Å². The van der Waals surface area contributed by atoms with Crippen molar-refractivity contribution >= 4 is 21.8 Å². The molecule has 1 aliphatic heterocycles. The van der Waals surface area contributed by atoms with Gasteiger partial charge < -0.3 is 10.2 Å². The fourth-order valence-corrected chi connectivity index (χ4v) is 3.21. The molecule has 104 valence electrons. The van der Waals surface area contributed by atoms with Crippen LogP contribution in [-0.4, -0.2) is 30.9 Å². The van der Waals surface area contributed by atoms with Gasteiger partial charge in [-0.15, -0.1) is 0 Å². The molecule has 0 bridgehead atoms. The first-order valence-corrected chi connectivity index (χ1v) is 7.57. The molecule has 1 unspecified atom stereocenters. The van der Waals surface area contributed by atoms with Gasteiger partial charge in [0, 0.05) is 24.6 Å². The monoisotopic (exact) mass is 324 g/mol. The van der Waals surface area contributed by atoms with Crippen LogP contribution in [0, 0.1) is 5.41 Å². The van der Waals surface area contributed by atoms with Gasteiger partial charge in [-0.3, -0.25) is 4.79 Å². The molecule has 1 fully saturated rings. The molecule has 19 heavy (non-hydrogen) atoms. The minimum atomic E-state index is -0.194. The number of rotatable bonds is 4. The number of nitrogens with zero attached hydrogens (tertiary/aromatic N) is 1. The summed E-state index contributed by atoms with van der Waals surface area (Å²) in [6.45, 7) is 4.54. The summed E-state index contributed by atoms with van der Waals surface area (Å²) in [6.07, 6.45) is 1.85. The molecule has 0 aliphatic carbocycles. The van der Waals surface area contributed by atoms with Crippen LogP contribution in [-0.2, 0) is 11.3 Å². The van der Waals surface area contributed by atoms with Crippen molar-refractivity contribution in [2.45, 2.75) is 26.3 Å². The SMILES string of the molecule is CCC1(C(=O)N(C)Cc2cccc(Br)c2)CCNC1. The molecule has 1 aliphatic rings. The van der Waals surface area contributed by atoms with Gasteiger partial charge in [0.2, 0.25) is 5.91 Å². The van der Waals surface area contributed by atoms with Gasteiger partial charge in [-0.1, -0.05) is 35.0 Å². The Hall–Kier alpha value is -0.870. The Labute approximate surface area is 123 Å². The van der Waals surface area contributed by atoms with Crippen LogP contribution in [0.2, 0.25) is 0 Å². The molecule has 1 saturated heterocycles. The number of benzene rings is 1. The molecular weight excluding hydrogens is 304 g/mol. The molecular formula is C15H21BrN2O. The zero-order chi connectivity index (χ0) is 13.9. The highest BCUT2D eigenvalue weighted by Gasteiger charge is 2.41. The van der Waals surface area contributed by atoms with Gasteiger partial charge in [0.25, 0.3) is 0 Å². The highest BCUT2D eigenvalue weighted by molar-refractivity contribution is 9.10. The lowest BCUT2D eigenvalue weighted by atomic mass is 9.83. The molecule has 0 saturated carbocycles. The molecule has 0 aromatic heterocycles. The van der Waals surface area contributed by atoms with E-state index < -0.39 is 0 Å². The van der Waals surface area contributed by atoms with Gasteiger partial charge in [-0.05, 0) is 37.1 Å². The number of carbonyl (C=O) groups is 1. The summed E-state index contributed by atoms with van der Waals surface area (Å²) in [5.41, 5.74) is 0.961. The van der Waals surface area contributed by atoms with Gasteiger partial charge in [0.15, 0.2) is 0 Å². The van der Waals surface area contributed by atoms with Gasteiger partial charge in [0.1, 0.15) is 0 Å². The molecule has 2 rings (SSSR count). The normalized spacial score (nSPS) is 22.5. The van der Waals surface area contributed by atoms with E-state index in [1.165, 1.54) is 0 Å². The maximum Gasteiger partial charge on any atom is 0.230 e. The minimum absolute atomic E-state index is 0.194. The number of halogens is 1. The first kappa shape index (κ1) is 14.5. The quantitative estimate of drug-likeness (QED) is 0.923. The lowest BCUT2D eigenvalue weighted by Gasteiger charge is -2.31. The smallest absolute Gasteiger partial charge is 0.230 e.